The number of unbranched alkanes of at least 4 members (excludes halogenated alkanes) is 2. The van der Waals surface area contributed by atoms with E-state index in [1.165, 1.54) is 19.3 Å². The lowest BCUT2D eigenvalue weighted by Crippen LogP contribution is -2.32. The number of carbonyl (C=O) groups excluding carboxylic acids is 1. The summed E-state index contributed by atoms with van der Waals surface area (Å²) in [6.07, 6.45) is 4.86. The van der Waals surface area contributed by atoms with Crippen LogP contribution in [0, 0.1) is 5.92 Å². The van der Waals surface area contributed by atoms with Crippen molar-refractivity contribution < 1.29 is 9.53 Å². The van der Waals surface area contributed by atoms with Crippen molar-refractivity contribution in [3.63, 3.8) is 0 Å². The third-order valence-electron chi connectivity index (χ3n) is 2.78. The maximum Gasteiger partial charge on any atom is 0.293 e. The summed E-state index contributed by atoms with van der Waals surface area (Å²) in [4.78, 5) is 10.2. The predicted molar refractivity (Wildman–Crippen MR) is 54.5 cm³/mol. The average molecular weight is 186 g/mol. The van der Waals surface area contributed by atoms with Crippen LogP contribution >= 0.6 is 0 Å². The van der Waals surface area contributed by atoms with Gasteiger partial charge in [-0.05, 0) is 26.2 Å². The second kappa shape index (κ2) is 6.01. The lowest BCUT2D eigenvalue weighted by atomic mass is 9.88. The van der Waals surface area contributed by atoms with Gasteiger partial charge in [-0.2, -0.15) is 0 Å². The number of ether oxygens (including phenoxy) is 1. The first-order chi connectivity index (χ1) is 6.04. The molecule has 0 unspecified atom stereocenters. The summed E-state index contributed by atoms with van der Waals surface area (Å²) >= 11 is 0. The van der Waals surface area contributed by atoms with E-state index in [1.54, 1.807) is 0 Å². The maximum atomic E-state index is 10.2. The normalized spacial score (nSPS) is 13.8. The molecule has 0 spiro atoms. The molecular formula is C11H22O2. The lowest BCUT2D eigenvalue weighted by molar-refractivity contribution is -0.145. The molecule has 0 heterocycles. The van der Waals surface area contributed by atoms with Crippen molar-refractivity contribution in [3.05, 3.63) is 0 Å². The Morgan fingerprint density at radius 2 is 2.00 bits per heavy atom. The van der Waals surface area contributed by atoms with Gasteiger partial charge in [0.25, 0.3) is 6.47 Å². The van der Waals surface area contributed by atoms with Gasteiger partial charge in [0, 0.05) is 0 Å². The Morgan fingerprint density at radius 1 is 1.38 bits per heavy atom. The largest absolute Gasteiger partial charge is 0.462 e. The third kappa shape index (κ3) is 4.91. The summed E-state index contributed by atoms with van der Waals surface area (Å²) < 4.78 is 5.04. The van der Waals surface area contributed by atoms with E-state index >= 15 is 0 Å². The molecule has 0 aromatic rings. The molecule has 1 atom stereocenters. The predicted octanol–water partition coefficient (Wildman–Crippen LogP) is 3.15. The molecule has 0 aromatic heterocycles. The molecule has 0 aromatic carbocycles. The number of hydrogen-bond donors (Lipinski definition) is 0. The van der Waals surface area contributed by atoms with E-state index in [0.717, 1.165) is 6.42 Å². The van der Waals surface area contributed by atoms with Crippen LogP contribution in [-0.2, 0) is 9.53 Å². The van der Waals surface area contributed by atoms with Crippen LogP contribution in [0.3, 0.4) is 0 Å². The summed E-state index contributed by atoms with van der Waals surface area (Å²) in [6.45, 7) is 8.82. The van der Waals surface area contributed by atoms with Gasteiger partial charge in [0.1, 0.15) is 5.60 Å². The first-order valence-electron chi connectivity index (χ1n) is 5.16. The van der Waals surface area contributed by atoms with Crippen LogP contribution in [-0.4, -0.2) is 12.1 Å². The minimum atomic E-state index is -0.310. The maximum absolute atomic E-state index is 10.2. The Morgan fingerprint density at radius 3 is 2.46 bits per heavy atom. The fourth-order valence-electron chi connectivity index (χ4n) is 1.29. The molecule has 0 N–H and O–H groups in total. The average Bonchev–Trinajstić information content (AvgIpc) is 2.04. The van der Waals surface area contributed by atoms with E-state index in [9.17, 15) is 4.79 Å². The second-order valence-electron chi connectivity index (χ2n) is 4.21. The highest BCUT2D eigenvalue weighted by molar-refractivity contribution is 5.38. The molecule has 2 heteroatoms. The van der Waals surface area contributed by atoms with Crippen molar-refractivity contribution in [1.82, 2.24) is 0 Å². The number of hydrogen-bond acceptors (Lipinski definition) is 2. The van der Waals surface area contributed by atoms with E-state index in [-0.39, 0.29) is 5.60 Å². The van der Waals surface area contributed by atoms with Crippen LogP contribution in [0.15, 0.2) is 0 Å². The Labute approximate surface area is 81.7 Å². The van der Waals surface area contributed by atoms with E-state index in [0.29, 0.717) is 12.4 Å². The molecule has 13 heavy (non-hydrogen) atoms. The molecule has 0 rings (SSSR count). The van der Waals surface area contributed by atoms with Gasteiger partial charge in [0.15, 0.2) is 0 Å². The Bertz CT molecular complexity index is 141. The molecule has 0 radical (unpaired) electrons. The van der Waals surface area contributed by atoms with Crippen LogP contribution in [0.2, 0.25) is 0 Å². The Balaban J connectivity index is 3.78. The SMILES string of the molecule is CCCCC[C@H](C)C(C)(C)OC=O. The van der Waals surface area contributed by atoms with Crippen molar-refractivity contribution in [2.45, 2.75) is 59.0 Å². The van der Waals surface area contributed by atoms with E-state index in [1.807, 2.05) is 13.8 Å². The smallest absolute Gasteiger partial charge is 0.293 e. The second-order valence-corrected chi connectivity index (χ2v) is 4.21. The minimum absolute atomic E-state index is 0.310. The summed E-state index contributed by atoms with van der Waals surface area (Å²) in [6, 6.07) is 0. The van der Waals surface area contributed by atoms with Crippen LogP contribution in [0.5, 0.6) is 0 Å². The van der Waals surface area contributed by atoms with E-state index in [4.69, 9.17) is 4.74 Å². The van der Waals surface area contributed by atoms with E-state index < -0.39 is 0 Å². The molecular weight excluding hydrogens is 164 g/mol. The first kappa shape index (κ1) is 12.5. The molecule has 0 saturated heterocycles. The van der Waals surface area contributed by atoms with Crippen LogP contribution in [0.4, 0.5) is 0 Å². The highest BCUT2D eigenvalue weighted by Crippen LogP contribution is 2.25. The van der Waals surface area contributed by atoms with Gasteiger partial charge >= 0.3 is 0 Å². The molecule has 78 valence electrons. The molecule has 0 aliphatic heterocycles. The summed E-state index contributed by atoms with van der Waals surface area (Å²) in [5.74, 6) is 0.434. The fraction of sp³-hybridized carbons (Fsp3) is 0.909. The Kier molecular flexibility index (Phi) is 5.76. The molecule has 0 aliphatic carbocycles. The number of rotatable bonds is 7. The van der Waals surface area contributed by atoms with Gasteiger partial charge in [-0.1, -0.05) is 33.1 Å². The van der Waals surface area contributed by atoms with Crippen molar-refractivity contribution in [2.75, 3.05) is 0 Å². The zero-order valence-electron chi connectivity index (χ0n) is 9.30. The summed E-state index contributed by atoms with van der Waals surface area (Å²) in [5.41, 5.74) is -0.310. The first-order valence-corrected chi connectivity index (χ1v) is 5.16. The van der Waals surface area contributed by atoms with Gasteiger partial charge in [-0.3, -0.25) is 4.79 Å². The lowest BCUT2D eigenvalue weighted by Gasteiger charge is -2.29. The minimum Gasteiger partial charge on any atom is -0.462 e. The van der Waals surface area contributed by atoms with Crippen LogP contribution < -0.4 is 0 Å². The highest BCUT2D eigenvalue weighted by Gasteiger charge is 2.26. The topological polar surface area (TPSA) is 26.3 Å². The molecule has 0 bridgehead atoms. The fourth-order valence-corrected chi connectivity index (χ4v) is 1.29. The van der Waals surface area contributed by atoms with Crippen molar-refractivity contribution in [3.8, 4) is 0 Å². The zero-order chi connectivity index (χ0) is 10.3. The molecule has 0 aliphatic rings. The highest BCUT2D eigenvalue weighted by atomic mass is 16.5. The number of carbonyl (C=O) groups is 1. The molecule has 0 saturated carbocycles. The third-order valence-corrected chi connectivity index (χ3v) is 2.78. The summed E-state index contributed by atoms with van der Waals surface area (Å²) in [7, 11) is 0. The van der Waals surface area contributed by atoms with E-state index in [2.05, 4.69) is 13.8 Å². The zero-order valence-corrected chi connectivity index (χ0v) is 9.30. The van der Waals surface area contributed by atoms with Crippen LogP contribution in [0.1, 0.15) is 53.4 Å². The van der Waals surface area contributed by atoms with Gasteiger partial charge in [0.05, 0.1) is 0 Å². The molecule has 2 nitrogen and oxygen atoms in total. The van der Waals surface area contributed by atoms with Crippen LogP contribution in [0.25, 0.3) is 0 Å². The Hall–Kier alpha value is -0.530. The van der Waals surface area contributed by atoms with Gasteiger partial charge in [-0.15, -0.1) is 0 Å². The van der Waals surface area contributed by atoms with Gasteiger partial charge < -0.3 is 4.74 Å². The quantitative estimate of drug-likeness (QED) is 0.451. The van der Waals surface area contributed by atoms with Crippen molar-refractivity contribution >= 4 is 6.47 Å². The van der Waals surface area contributed by atoms with Gasteiger partial charge in [-0.25, -0.2) is 0 Å². The standard InChI is InChI=1S/C11H22O2/c1-5-6-7-8-10(2)11(3,4)13-9-12/h9-10H,5-8H2,1-4H3/t10-/m0/s1. The monoisotopic (exact) mass is 186 g/mol. The van der Waals surface area contributed by atoms with Crippen molar-refractivity contribution in [2.24, 2.45) is 5.92 Å². The van der Waals surface area contributed by atoms with Crippen molar-refractivity contribution in [1.29, 1.82) is 0 Å². The molecule has 0 fully saturated rings. The molecule has 0 amide bonds. The van der Waals surface area contributed by atoms with Gasteiger partial charge in [0.2, 0.25) is 0 Å². The summed E-state index contributed by atoms with van der Waals surface area (Å²) in [5, 5.41) is 0.